The number of likely N-dealkylation sites (N-methyl/N-ethyl adjacent to an activating group) is 1. The van der Waals surface area contributed by atoms with Crippen LogP contribution in [0.4, 0.5) is 0 Å². The summed E-state index contributed by atoms with van der Waals surface area (Å²) in [6, 6.07) is 0. The van der Waals surface area contributed by atoms with Gasteiger partial charge < -0.3 is 4.90 Å². The zero-order chi connectivity index (χ0) is 9.78. The van der Waals surface area contributed by atoms with Crippen LogP contribution < -0.4 is 0 Å². The van der Waals surface area contributed by atoms with Crippen LogP contribution in [0, 0.1) is 0 Å². The van der Waals surface area contributed by atoms with Gasteiger partial charge in [-0.25, -0.2) is 0 Å². The molecule has 0 rings (SSSR count). The van der Waals surface area contributed by atoms with E-state index in [0.29, 0.717) is 0 Å². The summed E-state index contributed by atoms with van der Waals surface area (Å²) < 4.78 is 0. The Bertz CT molecular complexity index is 182. The molecule has 0 fully saturated rings. The molecule has 1 nitrogen and oxygen atoms in total. The Hall–Kier alpha value is -0.720. The topological polar surface area (TPSA) is 3.24 Å². The zero-order valence-electron chi connectivity index (χ0n) is 9.18. The Morgan fingerprint density at radius 1 is 1.17 bits per heavy atom. The van der Waals surface area contributed by atoms with Gasteiger partial charge in [0, 0.05) is 18.3 Å². The average Bonchev–Trinajstić information content (AvgIpc) is 1.97. The van der Waals surface area contributed by atoms with Gasteiger partial charge in [-0.2, -0.15) is 0 Å². The fraction of sp³-hybridized carbons (Fsp3) is 0.636. The number of allylic oxidation sites excluding steroid dienone is 3. The second-order valence-corrected chi connectivity index (χ2v) is 3.94. The monoisotopic (exact) mass is 167 g/mol. The number of rotatable bonds is 2. The third kappa shape index (κ3) is 3.12. The predicted octanol–water partition coefficient (Wildman–Crippen LogP) is 3.20. The van der Waals surface area contributed by atoms with Crippen LogP contribution >= 0.6 is 0 Å². The molecule has 0 spiro atoms. The minimum atomic E-state index is 0.196. The van der Waals surface area contributed by atoms with E-state index in [1.165, 1.54) is 5.70 Å². The molecule has 0 bridgehead atoms. The Kier molecular flexibility index (Phi) is 4.08. The molecule has 0 saturated heterocycles. The van der Waals surface area contributed by atoms with Crippen molar-refractivity contribution in [1.29, 1.82) is 0 Å². The van der Waals surface area contributed by atoms with E-state index in [-0.39, 0.29) is 5.54 Å². The number of hydrogen-bond donors (Lipinski definition) is 0. The lowest BCUT2D eigenvalue weighted by molar-refractivity contribution is 0.234. The van der Waals surface area contributed by atoms with Crippen molar-refractivity contribution >= 4 is 0 Å². The van der Waals surface area contributed by atoms with E-state index in [9.17, 15) is 0 Å². The fourth-order valence-corrected chi connectivity index (χ4v) is 0.960. The summed E-state index contributed by atoms with van der Waals surface area (Å²) in [5.41, 5.74) is 1.46. The highest BCUT2D eigenvalue weighted by atomic mass is 15.2. The second kappa shape index (κ2) is 4.34. The van der Waals surface area contributed by atoms with Gasteiger partial charge >= 0.3 is 0 Å². The summed E-state index contributed by atoms with van der Waals surface area (Å²) in [5.74, 6) is 0. The first-order valence-corrected chi connectivity index (χ1v) is 4.46. The van der Waals surface area contributed by atoms with Crippen molar-refractivity contribution in [3.05, 3.63) is 23.9 Å². The highest BCUT2D eigenvalue weighted by Gasteiger charge is 2.16. The van der Waals surface area contributed by atoms with Gasteiger partial charge in [-0.05, 0) is 40.7 Å². The molecule has 70 valence electrons. The molecule has 0 aromatic rings. The molecule has 0 saturated carbocycles. The molecule has 0 radical (unpaired) electrons. The molecule has 0 amide bonds. The number of nitrogens with zero attached hydrogens (tertiary/aromatic N) is 1. The Labute approximate surface area is 76.8 Å². The first-order chi connectivity index (χ1) is 5.43. The summed E-state index contributed by atoms with van der Waals surface area (Å²) in [6.45, 7) is 10.7. The first kappa shape index (κ1) is 11.3. The van der Waals surface area contributed by atoms with Crippen LogP contribution in [0.25, 0.3) is 0 Å². The van der Waals surface area contributed by atoms with Gasteiger partial charge in [0.15, 0.2) is 0 Å². The van der Waals surface area contributed by atoms with Crippen molar-refractivity contribution < 1.29 is 0 Å². The average molecular weight is 167 g/mol. The maximum Gasteiger partial charge on any atom is 0.0321 e. The summed E-state index contributed by atoms with van der Waals surface area (Å²) in [6.07, 6.45) is 6.33. The minimum absolute atomic E-state index is 0.196. The first-order valence-electron chi connectivity index (χ1n) is 4.46. The maximum absolute atomic E-state index is 2.27. The van der Waals surface area contributed by atoms with Gasteiger partial charge in [-0.3, -0.25) is 0 Å². The molecule has 0 N–H and O–H groups in total. The Morgan fingerprint density at radius 2 is 1.67 bits per heavy atom. The molecule has 0 aliphatic rings. The molecule has 0 aromatic carbocycles. The van der Waals surface area contributed by atoms with Crippen molar-refractivity contribution in [2.45, 2.75) is 40.2 Å². The third-order valence-corrected chi connectivity index (χ3v) is 2.03. The molecule has 0 aromatic heterocycles. The predicted molar refractivity (Wildman–Crippen MR) is 56.1 cm³/mol. The van der Waals surface area contributed by atoms with Crippen LogP contribution in [0.1, 0.15) is 34.6 Å². The molecule has 0 aliphatic heterocycles. The second-order valence-electron chi connectivity index (χ2n) is 3.94. The quantitative estimate of drug-likeness (QED) is 0.571. The van der Waals surface area contributed by atoms with Gasteiger partial charge in [0.2, 0.25) is 0 Å². The summed E-state index contributed by atoms with van der Waals surface area (Å²) in [5, 5.41) is 0. The van der Waals surface area contributed by atoms with Crippen LogP contribution in [0.2, 0.25) is 0 Å². The molecular weight excluding hydrogens is 146 g/mol. The Morgan fingerprint density at radius 3 is 1.92 bits per heavy atom. The lowest BCUT2D eigenvalue weighted by atomic mass is 10.1. The van der Waals surface area contributed by atoms with Crippen molar-refractivity contribution in [3.63, 3.8) is 0 Å². The van der Waals surface area contributed by atoms with Crippen molar-refractivity contribution in [2.75, 3.05) is 7.05 Å². The molecule has 0 unspecified atom stereocenters. The molecule has 0 heterocycles. The zero-order valence-corrected chi connectivity index (χ0v) is 9.18. The normalized spacial score (nSPS) is 14.0. The Balaban J connectivity index is 4.55. The standard InChI is InChI=1S/C11H21N/c1-7-9-10(8-2)12(6)11(3,4)5/h7-9H,1-6H3/b9-7-,10-8+. The SMILES string of the molecule is C/C=C\C(=C/C)N(C)C(C)(C)C. The minimum Gasteiger partial charge on any atom is -0.370 e. The molecule has 0 atom stereocenters. The van der Waals surface area contributed by atoms with Crippen LogP contribution in [0.5, 0.6) is 0 Å². The fourth-order valence-electron chi connectivity index (χ4n) is 0.960. The summed E-state index contributed by atoms with van der Waals surface area (Å²) in [7, 11) is 2.12. The third-order valence-electron chi connectivity index (χ3n) is 2.03. The van der Waals surface area contributed by atoms with Crippen molar-refractivity contribution in [2.24, 2.45) is 0 Å². The smallest absolute Gasteiger partial charge is 0.0321 e. The van der Waals surface area contributed by atoms with Crippen molar-refractivity contribution in [1.82, 2.24) is 4.90 Å². The lowest BCUT2D eigenvalue weighted by Gasteiger charge is -2.34. The van der Waals surface area contributed by atoms with E-state index in [4.69, 9.17) is 0 Å². The van der Waals surface area contributed by atoms with E-state index in [1.54, 1.807) is 0 Å². The van der Waals surface area contributed by atoms with E-state index in [2.05, 4.69) is 57.9 Å². The molecule has 0 aliphatic carbocycles. The van der Waals surface area contributed by atoms with Crippen LogP contribution in [-0.2, 0) is 0 Å². The summed E-state index contributed by atoms with van der Waals surface area (Å²) in [4.78, 5) is 2.27. The lowest BCUT2D eigenvalue weighted by Crippen LogP contribution is -2.36. The van der Waals surface area contributed by atoms with Gasteiger partial charge in [-0.15, -0.1) is 0 Å². The highest BCUT2D eigenvalue weighted by Crippen LogP contribution is 2.17. The van der Waals surface area contributed by atoms with E-state index in [1.807, 2.05) is 6.92 Å². The largest absolute Gasteiger partial charge is 0.370 e. The molecule has 1 heteroatoms. The van der Waals surface area contributed by atoms with Gasteiger partial charge in [-0.1, -0.05) is 12.2 Å². The molecule has 12 heavy (non-hydrogen) atoms. The van der Waals surface area contributed by atoms with E-state index in [0.717, 1.165) is 0 Å². The van der Waals surface area contributed by atoms with Crippen LogP contribution in [0.3, 0.4) is 0 Å². The van der Waals surface area contributed by atoms with Crippen molar-refractivity contribution in [3.8, 4) is 0 Å². The van der Waals surface area contributed by atoms with E-state index >= 15 is 0 Å². The van der Waals surface area contributed by atoms with Crippen LogP contribution in [0.15, 0.2) is 23.9 Å². The van der Waals surface area contributed by atoms with Crippen LogP contribution in [-0.4, -0.2) is 17.5 Å². The van der Waals surface area contributed by atoms with Gasteiger partial charge in [0.1, 0.15) is 0 Å². The van der Waals surface area contributed by atoms with E-state index < -0.39 is 0 Å². The van der Waals surface area contributed by atoms with Gasteiger partial charge in [0.05, 0.1) is 0 Å². The highest BCUT2D eigenvalue weighted by molar-refractivity contribution is 5.17. The maximum atomic E-state index is 2.27. The molecular formula is C11H21N. The number of hydrogen-bond acceptors (Lipinski definition) is 1. The summed E-state index contributed by atoms with van der Waals surface area (Å²) >= 11 is 0. The van der Waals surface area contributed by atoms with Gasteiger partial charge in [0.25, 0.3) is 0 Å².